The molecule has 0 saturated heterocycles. The van der Waals surface area contributed by atoms with Crippen LogP contribution in [0.15, 0.2) is 24.3 Å². The molecule has 0 aliphatic heterocycles. The van der Waals surface area contributed by atoms with Crippen molar-refractivity contribution in [3.63, 3.8) is 0 Å². The van der Waals surface area contributed by atoms with E-state index < -0.39 is 17.9 Å². The lowest BCUT2D eigenvalue weighted by molar-refractivity contribution is -0.142. The van der Waals surface area contributed by atoms with Gasteiger partial charge in [0, 0.05) is 9.99 Å². The maximum Gasteiger partial charge on any atom is 0.306 e. The van der Waals surface area contributed by atoms with Gasteiger partial charge in [-0.3, -0.25) is 9.59 Å². The maximum atomic E-state index is 11.0. The zero-order valence-corrected chi connectivity index (χ0v) is 11.3. The lowest BCUT2D eigenvalue weighted by atomic mass is 9.95. The Labute approximate surface area is 113 Å². The van der Waals surface area contributed by atoms with Gasteiger partial charge in [0.25, 0.3) is 0 Å². The van der Waals surface area contributed by atoms with Crippen molar-refractivity contribution in [2.24, 2.45) is 5.92 Å². The first-order valence-electron chi connectivity index (χ1n) is 5.18. The average molecular weight is 348 g/mol. The predicted octanol–water partition coefficient (Wildman–Crippen LogP) is 2.40. The van der Waals surface area contributed by atoms with E-state index in [1.54, 1.807) is 0 Å². The molecule has 2 N–H and O–H groups in total. The van der Waals surface area contributed by atoms with E-state index in [2.05, 4.69) is 22.6 Å². The van der Waals surface area contributed by atoms with Crippen LogP contribution < -0.4 is 0 Å². The molecular weight excluding hydrogens is 335 g/mol. The highest BCUT2D eigenvalue weighted by atomic mass is 127. The van der Waals surface area contributed by atoms with Crippen molar-refractivity contribution >= 4 is 34.5 Å². The topological polar surface area (TPSA) is 74.6 Å². The Hall–Kier alpha value is -1.11. The van der Waals surface area contributed by atoms with Crippen molar-refractivity contribution in [3.8, 4) is 0 Å². The maximum absolute atomic E-state index is 11.0. The third-order valence-corrected chi connectivity index (χ3v) is 3.10. The van der Waals surface area contributed by atoms with Crippen molar-refractivity contribution < 1.29 is 19.8 Å². The first-order chi connectivity index (χ1) is 7.99. The van der Waals surface area contributed by atoms with Gasteiger partial charge in [0.2, 0.25) is 0 Å². The molecule has 1 aromatic rings. The molecule has 1 unspecified atom stereocenters. The first-order valence-corrected chi connectivity index (χ1v) is 6.26. The van der Waals surface area contributed by atoms with Gasteiger partial charge in [-0.2, -0.15) is 0 Å². The van der Waals surface area contributed by atoms with E-state index in [1.165, 1.54) is 0 Å². The largest absolute Gasteiger partial charge is 0.481 e. The van der Waals surface area contributed by atoms with Crippen LogP contribution in [0.25, 0.3) is 0 Å². The molecule has 0 amide bonds. The summed E-state index contributed by atoms with van der Waals surface area (Å²) in [5.41, 5.74) is 0.926. The smallest absolute Gasteiger partial charge is 0.306 e. The number of hydrogen-bond acceptors (Lipinski definition) is 2. The lowest BCUT2D eigenvalue weighted by Crippen LogP contribution is -2.17. The van der Waals surface area contributed by atoms with Gasteiger partial charge >= 0.3 is 11.9 Å². The van der Waals surface area contributed by atoms with Gasteiger partial charge in [0.1, 0.15) is 0 Å². The number of carbonyl (C=O) groups is 2. The molecule has 0 fully saturated rings. The Bertz CT molecular complexity index is 417. The van der Waals surface area contributed by atoms with Crippen molar-refractivity contribution in [3.05, 3.63) is 33.4 Å². The number of carboxylic acid groups (broad SMARTS) is 2. The summed E-state index contributed by atoms with van der Waals surface area (Å²) < 4.78 is 1.04. The van der Waals surface area contributed by atoms with Crippen LogP contribution in [0.4, 0.5) is 0 Å². The SMILES string of the molecule is O=C(O)CCC(Cc1cccc(I)c1)C(=O)O. The van der Waals surface area contributed by atoms with E-state index in [4.69, 9.17) is 10.2 Å². The van der Waals surface area contributed by atoms with E-state index in [0.29, 0.717) is 6.42 Å². The normalized spacial score (nSPS) is 12.1. The summed E-state index contributed by atoms with van der Waals surface area (Å²) in [6.07, 6.45) is 0.427. The Morgan fingerprint density at radius 1 is 1.29 bits per heavy atom. The third kappa shape index (κ3) is 5.16. The molecule has 1 rings (SSSR count). The zero-order chi connectivity index (χ0) is 12.8. The van der Waals surface area contributed by atoms with Crippen LogP contribution in [0, 0.1) is 9.49 Å². The first kappa shape index (κ1) is 14.0. The Balaban J connectivity index is 2.66. The quantitative estimate of drug-likeness (QED) is 0.775. The van der Waals surface area contributed by atoms with Crippen molar-refractivity contribution in [2.45, 2.75) is 19.3 Å². The van der Waals surface area contributed by atoms with Gasteiger partial charge in [-0.15, -0.1) is 0 Å². The number of rotatable bonds is 6. The second-order valence-electron chi connectivity index (χ2n) is 3.80. The van der Waals surface area contributed by atoms with Gasteiger partial charge in [-0.1, -0.05) is 12.1 Å². The molecular formula is C12H13IO4. The van der Waals surface area contributed by atoms with Crippen molar-refractivity contribution in [1.29, 1.82) is 0 Å². The van der Waals surface area contributed by atoms with Crippen molar-refractivity contribution in [1.82, 2.24) is 0 Å². The number of benzene rings is 1. The third-order valence-electron chi connectivity index (χ3n) is 2.43. The number of halogens is 1. The van der Waals surface area contributed by atoms with E-state index in [-0.39, 0.29) is 12.8 Å². The molecule has 17 heavy (non-hydrogen) atoms. The average Bonchev–Trinajstić information content (AvgIpc) is 2.23. The number of hydrogen-bond donors (Lipinski definition) is 2. The minimum atomic E-state index is -0.959. The van der Waals surface area contributed by atoms with Gasteiger partial charge in [-0.05, 0) is 53.1 Å². The Morgan fingerprint density at radius 3 is 2.53 bits per heavy atom. The van der Waals surface area contributed by atoms with E-state index >= 15 is 0 Å². The summed E-state index contributed by atoms with van der Waals surface area (Å²) in [7, 11) is 0. The molecule has 0 radical (unpaired) electrons. The van der Waals surface area contributed by atoms with Crippen LogP contribution in [-0.4, -0.2) is 22.2 Å². The molecule has 0 aliphatic carbocycles. The molecule has 5 heteroatoms. The molecule has 0 saturated carbocycles. The van der Waals surface area contributed by atoms with Gasteiger partial charge in [0.15, 0.2) is 0 Å². The molecule has 0 aromatic heterocycles. The summed E-state index contributed by atoms with van der Waals surface area (Å²) in [5, 5.41) is 17.6. The standard InChI is InChI=1S/C12H13IO4/c13-10-3-1-2-8(7-10)6-9(12(16)17)4-5-11(14)15/h1-3,7,9H,4-6H2,(H,14,15)(H,16,17). The summed E-state index contributed by atoms with van der Waals surface area (Å²) in [4.78, 5) is 21.4. The summed E-state index contributed by atoms with van der Waals surface area (Å²) >= 11 is 2.16. The van der Waals surface area contributed by atoms with Crippen LogP contribution >= 0.6 is 22.6 Å². The van der Waals surface area contributed by atoms with E-state index in [0.717, 1.165) is 9.13 Å². The van der Waals surface area contributed by atoms with Crippen LogP contribution in [0.5, 0.6) is 0 Å². The fourth-order valence-electron chi connectivity index (χ4n) is 1.56. The highest BCUT2D eigenvalue weighted by Crippen LogP contribution is 2.16. The second-order valence-corrected chi connectivity index (χ2v) is 5.05. The molecule has 0 aliphatic rings. The Morgan fingerprint density at radius 2 is 2.00 bits per heavy atom. The van der Waals surface area contributed by atoms with Crippen LogP contribution in [0.3, 0.4) is 0 Å². The van der Waals surface area contributed by atoms with E-state index in [1.807, 2.05) is 24.3 Å². The molecule has 4 nitrogen and oxygen atoms in total. The molecule has 0 bridgehead atoms. The minimum Gasteiger partial charge on any atom is -0.481 e. The van der Waals surface area contributed by atoms with Crippen LogP contribution in [0.1, 0.15) is 18.4 Å². The fraction of sp³-hybridized carbons (Fsp3) is 0.333. The lowest BCUT2D eigenvalue weighted by Gasteiger charge is -2.11. The number of carboxylic acids is 2. The molecule has 1 aromatic carbocycles. The molecule has 0 spiro atoms. The van der Waals surface area contributed by atoms with Gasteiger partial charge < -0.3 is 10.2 Å². The highest BCUT2D eigenvalue weighted by Gasteiger charge is 2.19. The van der Waals surface area contributed by atoms with E-state index in [9.17, 15) is 9.59 Å². The predicted molar refractivity (Wildman–Crippen MR) is 70.9 cm³/mol. The minimum absolute atomic E-state index is 0.110. The monoisotopic (exact) mass is 348 g/mol. The van der Waals surface area contributed by atoms with Gasteiger partial charge in [0.05, 0.1) is 5.92 Å². The van der Waals surface area contributed by atoms with Gasteiger partial charge in [-0.25, -0.2) is 0 Å². The van der Waals surface area contributed by atoms with Crippen LogP contribution in [0.2, 0.25) is 0 Å². The fourth-order valence-corrected chi connectivity index (χ4v) is 2.17. The molecule has 0 heterocycles. The van der Waals surface area contributed by atoms with Crippen LogP contribution in [-0.2, 0) is 16.0 Å². The second kappa shape index (κ2) is 6.58. The zero-order valence-electron chi connectivity index (χ0n) is 9.10. The molecule has 1 atom stereocenters. The summed E-state index contributed by atoms with van der Waals surface area (Å²) in [6, 6.07) is 7.57. The molecule has 92 valence electrons. The summed E-state index contributed by atoms with van der Waals surface area (Å²) in [5.74, 6) is -2.53. The highest BCUT2D eigenvalue weighted by molar-refractivity contribution is 14.1. The number of aliphatic carboxylic acids is 2. The Kier molecular flexibility index (Phi) is 5.40. The summed E-state index contributed by atoms with van der Waals surface area (Å²) in [6.45, 7) is 0. The van der Waals surface area contributed by atoms with Crippen molar-refractivity contribution in [2.75, 3.05) is 0 Å².